The number of carbonyl (C=O) groups is 2. The third-order valence-corrected chi connectivity index (χ3v) is 5.83. The van der Waals surface area contributed by atoms with Crippen LogP contribution in [0.25, 0.3) is 0 Å². The van der Waals surface area contributed by atoms with Crippen LogP contribution in [0.3, 0.4) is 0 Å². The van der Waals surface area contributed by atoms with Crippen LogP contribution in [0.5, 0.6) is 0 Å². The van der Waals surface area contributed by atoms with Crippen molar-refractivity contribution in [3.63, 3.8) is 0 Å². The lowest BCUT2D eigenvalue weighted by Gasteiger charge is -2.09. The summed E-state index contributed by atoms with van der Waals surface area (Å²) in [7, 11) is -3.99. The molecule has 0 saturated carbocycles. The second-order valence-electron chi connectivity index (χ2n) is 5.42. The van der Waals surface area contributed by atoms with Crippen LogP contribution in [-0.2, 0) is 26.0 Å². The van der Waals surface area contributed by atoms with E-state index in [1.54, 1.807) is 6.07 Å². The van der Waals surface area contributed by atoms with Gasteiger partial charge in [-0.1, -0.05) is 12.1 Å². The Morgan fingerprint density at radius 1 is 1.23 bits per heavy atom. The molecule has 0 aromatic heterocycles. The van der Waals surface area contributed by atoms with Crippen LogP contribution in [0.1, 0.15) is 5.56 Å². The van der Waals surface area contributed by atoms with Crippen LogP contribution in [-0.4, -0.2) is 26.0 Å². The number of sulfonamides is 1. The zero-order valence-corrected chi connectivity index (χ0v) is 14.9. The number of amides is 2. The monoisotopic (exact) mass is 395 g/mol. The van der Waals surface area contributed by atoms with Crippen LogP contribution in [0.2, 0.25) is 0 Å². The average Bonchev–Trinajstić information content (AvgIpc) is 2.98. The minimum Gasteiger partial charge on any atom is -0.326 e. The van der Waals surface area contributed by atoms with Crippen LogP contribution in [0, 0.1) is 5.82 Å². The number of hydrazine groups is 1. The number of hydrogen-bond acceptors (Lipinski definition) is 5. The number of fused-ring (bicyclic) bond motifs is 1. The molecule has 0 aliphatic carbocycles. The normalized spacial score (nSPS) is 13.2. The smallest absolute Gasteiger partial charge is 0.257 e. The Morgan fingerprint density at radius 2 is 2.00 bits per heavy atom. The van der Waals surface area contributed by atoms with Gasteiger partial charge in [0.05, 0.1) is 17.1 Å². The van der Waals surface area contributed by atoms with E-state index in [0.717, 1.165) is 11.8 Å². The molecule has 136 valence electrons. The molecule has 1 heterocycles. The molecule has 2 amide bonds. The number of anilines is 1. The van der Waals surface area contributed by atoms with Gasteiger partial charge in [-0.2, -0.15) is 0 Å². The Balaban J connectivity index is 1.58. The molecule has 3 rings (SSSR count). The highest BCUT2D eigenvalue weighted by atomic mass is 32.2. The lowest BCUT2D eigenvalue weighted by Crippen LogP contribution is -2.42. The number of hydrogen-bond donors (Lipinski definition) is 3. The molecule has 2 aromatic carbocycles. The van der Waals surface area contributed by atoms with Gasteiger partial charge in [0.15, 0.2) is 0 Å². The number of benzene rings is 2. The molecule has 0 saturated heterocycles. The van der Waals surface area contributed by atoms with Gasteiger partial charge < -0.3 is 5.32 Å². The molecule has 0 bridgehead atoms. The first-order chi connectivity index (χ1) is 12.3. The maximum Gasteiger partial charge on any atom is 0.257 e. The van der Waals surface area contributed by atoms with Gasteiger partial charge in [-0.3, -0.25) is 15.0 Å². The minimum absolute atomic E-state index is 0.0743. The van der Waals surface area contributed by atoms with E-state index in [2.05, 4.69) is 10.7 Å². The van der Waals surface area contributed by atoms with E-state index in [0.29, 0.717) is 16.1 Å². The number of rotatable bonds is 6. The van der Waals surface area contributed by atoms with Gasteiger partial charge in [0.2, 0.25) is 11.8 Å². The number of halogens is 1. The molecule has 3 N–H and O–H groups in total. The van der Waals surface area contributed by atoms with E-state index >= 15 is 0 Å². The highest BCUT2D eigenvalue weighted by Gasteiger charge is 2.22. The third-order valence-electron chi connectivity index (χ3n) is 3.53. The summed E-state index contributed by atoms with van der Waals surface area (Å²) in [6.07, 6.45) is 0.102. The van der Waals surface area contributed by atoms with Gasteiger partial charge in [-0.25, -0.2) is 12.8 Å². The zero-order valence-electron chi connectivity index (χ0n) is 13.3. The number of nitrogens with one attached hydrogen (secondary N) is 3. The van der Waals surface area contributed by atoms with Gasteiger partial charge in [0.1, 0.15) is 5.82 Å². The Bertz CT molecular complexity index is 979. The van der Waals surface area contributed by atoms with Crippen molar-refractivity contribution in [2.45, 2.75) is 16.2 Å². The lowest BCUT2D eigenvalue weighted by atomic mass is 10.2. The maximum absolute atomic E-state index is 13.5. The molecular weight excluding hydrogens is 381 g/mol. The van der Waals surface area contributed by atoms with Gasteiger partial charge in [-0.15, -0.1) is 16.6 Å². The predicted molar refractivity (Wildman–Crippen MR) is 94.4 cm³/mol. The average molecular weight is 395 g/mol. The highest BCUT2D eigenvalue weighted by molar-refractivity contribution is 8.00. The summed E-state index contributed by atoms with van der Waals surface area (Å²) in [4.78, 5) is 25.3. The van der Waals surface area contributed by atoms with Crippen molar-refractivity contribution in [3.05, 3.63) is 53.8 Å². The van der Waals surface area contributed by atoms with Crippen molar-refractivity contribution in [1.82, 2.24) is 10.3 Å². The van der Waals surface area contributed by atoms with E-state index in [4.69, 9.17) is 0 Å². The lowest BCUT2D eigenvalue weighted by molar-refractivity contribution is -0.119. The molecule has 0 spiro atoms. The van der Waals surface area contributed by atoms with E-state index < -0.39 is 21.7 Å². The van der Waals surface area contributed by atoms with E-state index in [-0.39, 0.29) is 23.0 Å². The minimum atomic E-state index is -3.99. The van der Waals surface area contributed by atoms with Gasteiger partial charge in [-0.05, 0) is 35.9 Å². The molecule has 7 nitrogen and oxygen atoms in total. The summed E-state index contributed by atoms with van der Waals surface area (Å²) < 4.78 is 38.0. The summed E-state index contributed by atoms with van der Waals surface area (Å²) in [6.45, 7) is 0. The van der Waals surface area contributed by atoms with E-state index in [9.17, 15) is 22.4 Å². The number of carbonyl (C=O) groups excluding carboxylic acids is 2. The first-order valence-electron chi connectivity index (χ1n) is 7.46. The summed E-state index contributed by atoms with van der Waals surface area (Å²) in [5.74, 6) is -1.44. The fourth-order valence-electron chi connectivity index (χ4n) is 2.30. The van der Waals surface area contributed by atoms with Crippen LogP contribution in [0.15, 0.2) is 52.3 Å². The third kappa shape index (κ3) is 4.21. The zero-order chi connectivity index (χ0) is 18.7. The second kappa shape index (κ2) is 7.44. The van der Waals surface area contributed by atoms with E-state index in [1.807, 2.05) is 4.83 Å². The molecule has 1 aliphatic heterocycles. The molecule has 0 radical (unpaired) electrons. The number of thioether (sulfide) groups is 1. The van der Waals surface area contributed by atoms with Crippen LogP contribution < -0.4 is 15.6 Å². The molecule has 0 fully saturated rings. The van der Waals surface area contributed by atoms with Gasteiger partial charge >= 0.3 is 0 Å². The largest absolute Gasteiger partial charge is 0.326 e. The Kier molecular flexibility index (Phi) is 5.25. The summed E-state index contributed by atoms with van der Waals surface area (Å²) in [6, 6.07) is 10.2. The van der Waals surface area contributed by atoms with Crippen LogP contribution >= 0.6 is 11.8 Å². The summed E-state index contributed by atoms with van der Waals surface area (Å²) in [5.41, 5.74) is 3.22. The topological polar surface area (TPSA) is 104 Å². The Labute approximate surface area is 153 Å². The molecule has 26 heavy (non-hydrogen) atoms. The standard InChI is InChI=1S/C16H14FN3O4S2/c17-12-3-1-2-4-14(12)25-9-16(22)19-20-26(23,24)11-5-6-13-10(7-11)8-15(21)18-13/h1-7,20H,8-9H2,(H,18,21)(H,19,22). The summed E-state index contributed by atoms with van der Waals surface area (Å²) in [5, 5.41) is 2.61. The molecular formula is C16H14FN3O4S2. The van der Waals surface area contributed by atoms with Crippen molar-refractivity contribution < 1.29 is 22.4 Å². The Hall–Kier alpha value is -2.43. The highest BCUT2D eigenvalue weighted by Crippen LogP contribution is 2.25. The predicted octanol–water partition coefficient (Wildman–Crippen LogP) is 1.42. The van der Waals surface area contributed by atoms with Crippen molar-refractivity contribution >= 4 is 39.3 Å². The second-order valence-corrected chi connectivity index (χ2v) is 8.12. The van der Waals surface area contributed by atoms with Gasteiger partial charge in [0.25, 0.3) is 10.0 Å². The SMILES string of the molecule is O=C(CSc1ccccc1F)NNS(=O)(=O)c1ccc2c(c1)CC(=O)N2. The van der Waals surface area contributed by atoms with Gasteiger partial charge in [0, 0.05) is 10.6 Å². The summed E-state index contributed by atoms with van der Waals surface area (Å²) >= 11 is 0.950. The Morgan fingerprint density at radius 3 is 2.77 bits per heavy atom. The quantitative estimate of drug-likeness (QED) is 0.507. The van der Waals surface area contributed by atoms with Crippen molar-refractivity contribution in [2.24, 2.45) is 0 Å². The van der Waals surface area contributed by atoms with Crippen molar-refractivity contribution in [2.75, 3.05) is 11.1 Å². The van der Waals surface area contributed by atoms with Crippen molar-refractivity contribution in [3.8, 4) is 0 Å². The molecule has 0 atom stereocenters. The van der Waals surface area contributed by atoms with Crippen molar-refractivity contribution in [1.29, 1.82) is 0 Å². The molecule has 0 unspecified atom stereocenters. The first kappa shape index (κ1) is 18.4. The molecule has 1 aliphatic rings. The molecule has 2 aromatic rings. The first-order valence-corrected chi connectivity index (χ1v) is 9.93. The fourth-order valence-corrected chi connectivity index (χ4v) is 3.95. The maximum atomic E-state index is 13.5. The van der Waals surface area contributed by atoms with E-state index in [1.165, 1.54) is 36.4 Å². The van der Waals surface area contributed by atoms with Crippen LogP contribution in [0.4, 0.5) is 10.1 Å². The molecule has 10 heteroatoms. The fraction of sp³-hybridized carbons (Fsp3) is 0.125.